The van der Waals surface area contributed by atoms with Crippen LogP contribution in [0.5, 0.6) is 0 Å². The highest BCUT2D eigenvalue weighted by Crippen LogP contribution is 2.29. The lowest BCUT2D eigenvalue weighted by Gasteiger charge is -2.25. The van der Waals surface area contributed by atoms with Gasteiger partial charge in [-0.1, -0.05) is 38.8 Å². The third-order valence-electron chi connectivity index (χ3n) is 6.85. The lowest BCUT2D eigenvalue weighted by atomic mass is 9.87. The van der Waals surface area contributed by atoms with Gasteiger partial charge in [0.1, 0.15) is 5.52 Å². The van der Waals surface area contributed by atoms with Crippen molar-refractivity contribution >= 4 is 28.6 Å². The van der Waals surface area contributed by atoms with E-state index in [1.807, 2.05) is 35.7 Å². The molecule has 0 aromatic carbocycles. The number of rotatable bonds is 10. The summed E-state index contributed by atoms with van der Waals surface area (Å²) in [5.74, 6) is 1.45. The van der Waals surface area contributed by atoms with Gasteiger partial charge in [0.25, 0.3) is 0 Å². The van der Waals surface area contributed by atoms with Gasteiger partial charge in [0.2, 0.25) is 5.95 Å². The van der Waals surface area contributed by atoms with Gasteiger partial charge in [-0.15, -0.1) is 0 Å². The quantitative estimate of drug-likeness (QED) is 0.391. The molecule has 0 aliphatic heterocycles. The minimum absolute atomic E-state index is 0.0823. The van der Waals surface area contributed by atoms with E-state index in [-0.39, 0.29) is 5.41 Å². The second-order valence-corrected chi connectivity index (χ2v) is 10.5. The molecule has 0 aliphatic carbocycles. The molecule has 36 heavy (non-hydrogen) atoms. The molecule has 0 radical (unpaired) electrons. The van der Waals surface area contributed by atoms with E-state index in [9.17, 15) is 0 Å². The van der Waals surface area contributed by atoms with Crippen molar-refractivity contribution in [1.29, 1.82) is 0 Å². The van der Waals surface area contributed by atoms with E-state index in [1.165, 1.54) is 11.1 Å². The van der Waals surface area contributed by atoms with Crippen LogP contribution in [0.25, 0.3) is 11.2 Å². The van der Waals surface area contributed by atoms with Crippen LogP contribution in [0.1, 0.15) is 54.9 Å². The van der Waals surface area contributed by atoms with Crippen LogP contribution in [-0.2, 0) is 14.1 Å². The van der Waals surface area contributed by atoms with Crippen molar-refractivity contribution in [3.8, 4) is 0 Å². The summed E-state index contributed by atoms with van der Waals surface area (Å²) in [6, 6.07) is 0. The molecular formula is C27H43N9. The first-order chi connectivity index (χ1) is 16.9. The van der Waals surface area contributed by atoms with Crippen LogP contribution >= 0.6 is 0 Å². The zero-order chi connectivity index (χ0) is 26.6. The van der Waals surface area contributed by atoms with Gasteiger partial charge in [0, 0.05) is 52.7 Å². The van der Waals surface area contributed by atoms with E-state index in [0.717, 1.165) is 48.8 Å². The predicted octanol–water partition coefficient (Wildman–Crippen LogP) is 5.15. The standard InChI is InChI=1S/C27H43N9/c1-11-19(3)22(15-20(4)27(5,6)7)30-25-23-24(28-18-34(23)9)31-26(32-25)36(12-2)14-13-33(8)21-16-29-35(10)17-21/h15-18H,11-14H2,1-10H3,(H,30,31,32)/b20-15+,22-19+. The zero-order valence-electron chi connectivity index (χ0n) is 23.7. The van der Waals surface area contributed by atoms with Crippen LogP contribution in [0.3, 0.4) is 0 Å². The summed E-state index contributed by atoms with van der Waals surface area (Å²) in [4.78, 5) is 18.8. The Hall–Kier alpha value is -3.36. The molecule has 3 aromatic heterocycles. The molecule has 0 amide bonds. The molecule has 0 atom stereocenters. The maximum Gasteiger partial charge on any atom is 0.229 e. The van der Waals surface area contributed by atoms with Gasteiger partial charge in [-0.2, -0.15) is 15.1 Å². The van der Waals surface area contributed by atoms with Crippen molar-refractivity contribution in [3.63, 3.8) is 0 Å². The maximum absolute atomic E-state index is 5.03. The maximum atomic E-state index is 5.03. The third-order valence-corrected chi connectivity index (χ3v) is 6.85. The highest BCUT2D eigenvalue weighted by molar-refractivity contribution is 5.85. The molecule has 0 fully saturated rings. The second kappa shape index (κ2) is 11.1. The number of allylic oxidation sites excluding steroid dienone is 3. The number of anilines is 3. The number of likely N-dealkylation sites (N-methyl/N-ethyl adjacent to an activating group) is 2. The zero-order valence-corrected chi connectivity index (χ0v) is 23.7. The van der Waals surface area contributed by atoms with E-state index in [1.54, 1.807) is 6.33 Å². The van der Waals surface area contributed by atoms with Gasteiger partial charge in [0.15, 0.2) is 11.5 Å². The molecule has 9 nitrogen and oxygen atoms in total. The Morgan fingerprint density at radius 1 is 1.11 bits per heavy atom. The first-order valence-electron chi connectivity index (χ1n) is 12.7. The van der Waals surface area contributed by atoms with Crippen LogP contribution in [0.15, 0.2) is 41.6 Å². The molecule has 0 aliphatic rings. The van der Waals surface area contributed by atoms with E-state index in [2.05, 4.69) is 86.8 Å². The fourth-order valence-corrected chi connectivity index (χ4v) is 3.70. The highest BCUT2D eigenvalue weighted by atomic mass is 15.3. The first kappa shape index (κ1) is 27.2. The molecule has 0 bridgehead atoms. The third kappa shape index (κ3) is 6.25. The molecule has 9 heteroatoms. The molecule has 3 heterocycles. The predicted molar refractivity (Wildman–Crippen MR) is 150 cm³/mol. The van der Waals surface area contributed by atoms with E-state index in [0.29, 0.717) is 11.6 Å². The fraction of sp³-hybridized carbons (Fsp3) is 0.556. The van der Waals surface area contributed by atoms with Crippen molar-refractivity contribution in [2.75, 3.05) is 41.8 Å². The average Bonchev–Trinajstić information content (AvgIpc) is 3.43. The van der Waals surface area contributed by atoms with Gasteiger partial charge in [-0.25, -0.2) is 4.98 Å². The number of aromatic nitrogens is 6. The van der Waals surface area contributed by atoms with Crippen LogP contribution in [0.4, 0.5) is 17.5 Å². The summed E-state index contributed by atoms with van der Waals surface area (Å²) in [6.07, 6.45) is 8.90. The Bertz CT molecular complexity index is 1240. The summed E-state index contributed by atoms with van der Waals surface area (Å²) in [6.45, 7) is 17.8. The number of hydrogen-bond donors (Lipinski definition) is 1. The van der Waals surface area contributed by atoms with Crippen LogP contribution < -0.4 is 15.1 Å². The van der Waals surface area contributed by atoms with Gasteiger partial charge in [0.05, 0.1) is 18.2 Å². The van der Waals surface area contributed by atoms with Crippen LogP contribution in [-0.4, -0.2) is 56.0 Å². The molecule has 3 rings (SSSR count). The van der Waals surface area contributed by atoms with Crippen LogP contribution in [0.2, 0.25) is 0 Å². The molecule has 3 aromatic rings. The summed E-state index contributed by atoms with van der Waals surface area (Å²) < 4.78 is 3.80. The Morgan fingerprint density at radius 3 is 2.42 bits per heavy atom. The minimum Gasteiger partial charge on any atom is -0.370 e. The number of fused-ring (bicyclic) bond motifs is 1. The van der Waals surface area contributed by atoms with Crippen molar-refractivity contribution < 1.29 is 0 Å². The summed E-state index contributed by atoms with van der Waals surface area (Å²) in [5, 5.41) is 7.94. The molecule has 1 N–H and O–H groups in total. The molecule has 0 saturated heterocycles. The second-order valence-electron chi connectivity index (χ2n) is 10.5. The number of hydrogen-bond acceptors (Lipinski definition) is 7. The number of aryl methyl sites for hydroxylation is 2. The van der Waals surface area contributed by atoms with Gasteiger partial charge in [-0.05, 0) is 38.7 Å². The Kier molecular flexibility index (Phi) is 8.43. The number of nitrogens with one attached hydrogen (secondary N) is 1. The number of imidazole rings is 1. The van der Waals surface area contributed by atoms with Crippen molar-refractivity contribution in [1.82, 2.24) is 29.3 Å². The number of nitrogens with zero attached hydrogens (tertiary/aromatic N) is 8. The average molecular weight is 494 g/mol. The summed E-state index contributed by atoms with van der Waals surface area (Å²) in [7, 11) is 5.99. The smallest absolute Gasteiger partial charge is 0.229 e. The first-order valence-corrected chi connectivity index (χ1v) is 12.7. The Balaban J connectivity index is 1.97. The Labute approximate surface area is 215 Å². The molecule has 196 valence electrons. The SMILES string of the molecule is CC/C(C)=C(\C=C(/C)C(C)(C)C)Nc1nc(N(CC)CCN(C)c2cnn(C)c2)nc2ncn(C)c12. The lowest BCUT2D eigenvalue weighted by molar-refractivity contribution is 0.503. The molecular weight excluding hydrogens is 450 g/mol. The summed E-state index contributed by atoms with van der Waals surface area (Å²) in [5.41, 5.74) is 6.42. The molecule has 0 saturated carbocycles. The molecule has 0 unspecified atom stereocenters. The van der Waals surface area contributed by atoms with E-state index in [4.69, 9.17) is 9.97 Å². The normalized spacial score (nSPS) is 13.2. The largest absolute Gasteiger partial charge is 0.370 e. The minimum atomic E-state index is 0.0823. The monoisotopic (exact) mass is 493 g/mol. The van der Waals surface area contributed by atoms with E-state index >= 15 is 0 Å². The van der Waals surface area contributed by atoms with Gasteiger partial charge < -0.3 is 19.7 Å². The topological polar surface area (TPSA) is 79.9 Å². The van der Waals surface area contributed by atoms with Gasteiger partial charge >= 0.3 is 0 Å². The van der Waals surface area contributed by atoms with Crippen molar-refractivity contribution in [3.05, 3.63) is 41.6 Å². The van der Waals surface area contributed by atoms with Crippen molar-refractivity contribution in [2.24, 2.45) is 19.5 Å². The summed E-state index contributed by atoms with van der Waals surface area (Å²) >= 11 is 0. The van der Waals surface area contributed by atoms with E-state index < -0.39 is 0 Å². The van der Waals surface area contributed by atoms with Crippen molar-refractivity contribution in [2.45, 2.75) is 54.9 Å². The Morgan fingerprint density at radius 2 is 1.83 bits per heavy atom. The lowest BCUT2D eigenvalue weighted by Crippen LogP contribution is -2.34. The fourth-order valence-electron chi connectivity index (χ4n) is 3.70. The molecule has 0 spiro atoms. The van der Waals surface area contributed by atoms with Gasteiger partial charge in [-0.3, -0.25) is 4.68 Å². The van der Waals surface area contributed by atoms with Crippen LogP contribution in [0, 0.1) is 5.41 Å². The highest BCUT2D eigenvalue weighted by Gasteiger charge is 2.19.